The number of hydrogen-bond donors (Lipinski definition) is 1. The molecular weight excluding hydrogens is 262 g/mol. The molecule has 2 N–H and O–H groups in total. The highest BCUT2D eigenvalue weighted by Gasteiger charge is 2.16. The second-order valence-corrected chi connectivity index (χ2v) is 3.71. The standard InChI is InChI=1S/C12H13N5O3/c1-2-20-12(19)17(13)10-14-8-16(11(18)15-10)9-6-4-3-5-7-9/h3-8H,2,13H2,1H3. The molecule has 8 heteroatoms. The van der Waals surface area contributed by atoms with Crippen molar-refractivity contribution in [3.8, 4) is 5.69 Å². The topological polar surface area (TPSA) is 103 Å². The monoisotopic (exact) mass is 275 g/mol. The summed E-state index contributed by atoms with van der Waals surface area (Å²) in [4.78, 5) is 30.8. The lowest BCUT2D eigenvalue weighted by Crippen LogP contribution is -2.41. The quantitative estimate of drug-likeness (QED) is 0.496. The van der Waals surface area contributed by atoms with E-state index >= 15 is 0 Å². The van der Waals surface area contributed by atoms with Gasteiger partial charge in [0.15, 0.2) is 0 Å². The van der Waals surface area contributed by atoms with Gasteiger partial charge in [-0.2, -0.15) is 9.99 Å². The van der Waals surface area contributed by atoms with E-state index in [0.29, 0.717) is 10.7 Å². The number of carbonyl (C=O) groups is 1. The molecule has 1 amide bonds. The Morgan fingerprint density at radius 2 is 2.10 bits per heavy atom. The van der Waals surface area contributed by atoms with E-state index < -0.39 is 11.8 Å². The number of para-hydroxylation sites is 1. The van der Waals surface area contributed by atoms with Crippen LogP contribution in [-0.4, -0.2) is 27.2 Å². The van der Waals surface area contributed by atoms with Crippen LogP contribution in [0.1, 0.15) is 6.92 Å². The van der Waals surface area contributed by atoms with E-state index in [1.807, 2.05) is 6.07 Å². The Balaban J connectivity index is 2.31. The van der Waals surface area contributed by atoms with E-state index in [1.165, 1.54) is 10.9 Å². The summed E-state index contributed by atoms with van der Waals surface area (Å²) in [7, 11) is 0. The van der Waals surface area contributed by atoms with Crippen LogP contribution in [0.5, 0.6) is 0 Å². The molecule has 1 heterocycles. The summed E-state index contributed by atoms with van der Waals surface area (Å²) in [6.07, 6.45) is 0.420. The number of aromatic nitrogens is 3. The predicted octanol–water partition coefficient (Wildman–Crippen LogP) is 0.464. The van der Waals surface area contributed by atoms with Gasteiger partial charge in [0.25, 0.3) is 5.95 Å². The van der Waals surface area contributed by atoms with Crippen LogP contribution in [0.4, 0.5) is 10.7 Å². The van der Waals surface area contributed by atoms with E-state index in [2.05, 4.69) is 14.7 Å². The SMILES string of the molecule is CCOC(=O)N(N)c1ncn(-c2ccccc2)c(=O)n1. The summed E-state index contributed by atoms with van der Waals surface area (Å²) in [5.41, 5.74) is 0.0182. The molecule has 0 saturated carbocycles. The second kappa shape index (κ2) is 5.93. The molecule has 104 valence electrons. The zero-order valence-corrected chi connectivity index (χ0v) is 10.8. The van der Waals surface area contributed by atoms with Crippen molar-refractivity contribution in [2.24, 2.45) is 5.84 Å². The van der Waals surface area contributed by atoms with E-state index in [4.69, 9.17) is 5.84 Å². The molecule has 2 rings (SSSR count). The first-order valence-corrected chi connectivity index (χ1v) is 5.86. The van der Waals surface area contributed by atoms with Crippen molar-refractivity contribution >= 4 is 12.0 Å². The maximum atomic E-state index is 11.9. The van der Waals surface area contributed by atoms with Crippen molar-refractivity contribution in [2.45, 2.75) is 6.92 Å². The molecule has 1 aromatic carbocycles. The normalized spacial score (nSPS) is 10.1. The Kier molecular flexibility index (Phi) is 4.06. The Labute approximate surface area is 114 Å². The number of hydrazine groups is 1. The largest absolute Gasteiger partial charge is 0.448 e. The summed E-state index contributed by atoms with van der Waals surface area (Å²) < 4.78 is 5.92. The van der Waals surface area contributed by atoms with Crippen molar-refractivity contribution in [3.05, 3.63) is 47.1 Å². The van der Waals surface area contributed by atoms with Crippen molar-refractivity contribution < 1.29 is 9.53 Å². The van der Waals surface area contributed by atoms with Gasteiger partial charge < -0.3 is 4.74 Å². The molecule has 0 unspecified atom stereocenters. The lowest BCUT2D eigenvalue weighted by molar-refractivity contribution is 0.159. The maximum Gasteiger partial charge on any atom is 0.431 e. The molecule has 0 atom stereocenters. The third-order valence-corrected chi connectivity index (χ3v) is 2.40. The van der Waals surface area contributed by atoms with Crippen LogP contribution >= 0.6 is 0 Å². The molecule has 20 heavy (non-hydrogen) atoms. The fourth-order valence-corrected chi connectivity index (χ4v) is 1.48. The lowest BCUT2D eigenvalue weighted by Gasteiger charge is -2.13. The Morgan fingerprint density at radius 3 is 2.70 bits per heavy atom. The average molecular weight is 275 g/mol. The van der Waals surface area contributed by atoms with Crippen LogP contribution in [0.3, 0.4) is 0 Å². The number of anilines is 1. The van der Waals surface area contributed by atoms with Gasteiger partial charge in [-0.3, -0.25) is 4.57 Å². The molecule has 1 aromatic heterocycles. The minimum Gasteiger partial charge on any atom is -0.448 e. The molecule has 0 fully saturated rings. The average Bonchev–Trinajstić information content (AvgIpc) is 2.47. The fourth-order valence-electron chi connectivity index (χ4n) is 1.48. The fraction of sp³-hybridized carbons (Fsp3) is 0.167. The van der Waals surface area contributed by atoms with Crippen LogP contribution in [0.25, 0.3) is 5.69 Å². The Bertz CT molecular complexity index is 656. The summed E-state index contributed by atoms with van der Waals surface area (Å²) in [6.45, 7) is 1.80. The zero-order chi connectivity index (χ0) is 14.5. The summed E-state index contributed by atoms with van der Waals surface area (Å²) in [6, 6.07) is 8.85. The number of amides is 1. The molecule has 0 aliphatic carbocycles. The van der Waals surface area contributed by atoms with E-state index in [9.17, 15) is 9.59 Å². The first kappa shape index (κ1) is 13.7. The minimum atomic E-state index is -0.829. The number of benzene rings is 1. The van der Waals surface area contributed by atoms with Gasteiger partial charge in [-0.15, -0.1) is 0 Å². The van der Waals surface area contributed by atoms with Crippen LogP contribution in [0.2, 0.25) is 0 Å². The molecule has 0 aliphatic heterocycles. The van der Waals surface area contributed by atoms with Gasteiger partial charge in [0.2, 0.25) is 0 Å². The van der Waals surface area contributed by atoms with Crippen LogP contribution in [-0.2, 0) is 4.74 Å². The maximum absolute atomic E-state index is 11.9. The molecule has 0 spiro atoms. The van der Waals surface area contributed by atoms with Gasteiger partial charge in [0, 0.05) is 0 Å². The summed E-state index contributed by atoms with van der Waals surface area (Å²) >= 11 is 0. The van der Waals surface area contributed by atoms with E-state index in [-0.39, 0.29) is 12.6 Å². The number of ether oxygens (including phenoxy) is 1. The third-order valence-electron chi connectivity index (χ3n) is 2.40. The van der Waals surface area contributed by atoms with Crippen molar-refractivity contribution in [2.75, 3.05) is 11.6 Å². The Hall–Kier alpha value is -2.74. The van der Waals surface area contributed by atoms with Crippen LogP contribution < -0.4 is 16.5 Å². The van der Waals surface area contributed by atoms with Crippen LogP contribution in [0, 0.1) is 0 Å². The molecule has 8 nitrogen and oxygen atoms in total. The smallest absolute Gasteiger partial charge is 0.431 e. The zero-order valence-electron chi connectivity index (χ0n) is 10.8. The number of nitrogens with two attached hydrogens (primary N) is 1. The van der Waals surface area contributed by atoms with E-state index in [1.54, 1.807) is 31.2 Å². The van der Waals surface area contributed by atoms with Gasteiger partial charge in [0.05, 0.1) is 12.3 Å². The minimum absolute atomic E-state index is 0.160. The predicted molar refractivity (Wildman–Crippen MR) is 71.3 cm³/mol. The number of hydrogen-bond acceptors (Lipinski definition) is 6. The number of nitrogens with zero attached hydrogens (tertiary/aromatic N) is 4. The summed E-state index contributed by atoms with van der Waals surface area (Å²) in [5.74, 6) is 5.25. The second-order valence-electron chi connectivity index (χ2n) is 3.71. The molecule has 0 radical (unpaired) electrons. The highest BCUT2D eigenvalue weighted by molar-refractivity contribution is 5.83. The molecule has 2 aromatic rings. The van der Waals surface area contributed by atoms with Crippen molar-refractivity contribution in [1.82, 2.24) is 14.5 Å². The van der Waals surface area contributed by atoms with Gasteiger partial charge in [-0.25, -0.2) is 20.4 Å². The van der Waals surface area contributed by atoms with Gasteiger partial charge in [0.1, 0.15) is 6.33 Å². The van der Waals surface area contributed by atoms with Gasteiger partial charge >= 0.3 is 11.8 Å². The Morgan fingerprint density at radius 1 is 1.40 bits per heavy atom. The van der Waals surface area contributed by atoms with Crippen molar-refractivity contribution in [3.63, 3.8) is 0 Å². The summed E-state index contributed by atoms with van der Waals surface area (Å²) in [5, 5.41) is 0.584. The van der Waals surface area contributed by atoms with E-state index in [0.717, 1.165) is 0 Å². The van der Waals surface area contributed by atoms with Crippen LogP contribution in [0.15, 0.2) is 41.5 Å². The first-order valence-electron chi connectivity index (χ1n) is 5.86. The van der Waals surface area contributed by atoms with Crippen molar-refractivity contribution in [1.29, 1.82) is 0 Å². The highest BCUT2D eigenvalue weighted by Crippen LogP contribution is 2.05. The molecule has 0 bridgehead atoms. The first-order chi connectivity index (χ1) is 9.63. The third kappa shape index (κ3) is 2.81. The number of rotatable bonds is 3. The lowest BCUT2D eigenvalue weighted by atomic mass is 10.3. The molecular formula is C12H13N5O3. The molecule has 0 aliphatic rings. The number of carbonyl (C=O) groups excluding carboxylic acids is 1. The molecule has 0 saturated heterocycles. The van der Waals surface area contributed by atoms with Gasteiger partial charge in [-0.1, -0.05) is 18.2 Å². The highest BCUT2D eigenvalue weighted by atomic mass is 16.6. The van der Waals surface area contributed by atoms with Gasteiger partial charge in [-0.05, 0) is 19.1 Å².